The Hall–Kier alpha value is -0.430. The quantitative estimate of drug-likeness (QED) is 0.921. The molecule has 0 atom stereocenters. The average molecular weight is 334 g/mol. The lowest BCUT2D eigenvalue weighted by Crippen LogP contribution is -2.47. The summed E-state index contributed by atoms with van der Waals surface area (Å²) in [6.45, 7) is 1.47. The second kappa shape index (κ2) is 5.69. The van der Waals surface area contributed by atoms with Crippen LogP contribution in [0, 0.1) is 0 Å². The lowest BCUT2D eigenvalue weighted by atomic mass is 9.94. The Balaban J connectivity index is 1.98. The summed E-state index contributed by atoms with van der Waals surface area (Å²) in [4.78, 5) is 13.7. The summed E-state index contributed by atoms with van der Waals surface area (Å²) in [6, 6.07) is 1.80. The van der Waals surface area contributed by atoms with Gasteiger partial charge in [-0.25, -0.2) is 0 Å². The van der Waals surface area contributed by atoms with Crippen LogP contribution in [0.1, 0.15) is 23.2 Å². The lowest BCUT2D eigenvalue weighted by Gasteiger charge is -2.35. The molecule has 0 radical (unpaired) electrons. The smallest absolute Gasteiger partial charge is 0.254 e. The fraction of sp³-hybridized carbons (Fsp3) is 0.583. The standard InChI is InChI=1S/C12H16BrNO3S/c1-14(8-12(16)2-4-17-5-3-12)11(15)9-6-10(13)18-7-9/h6-7,16H,2-5,8H2,1H3. The van der Waals surface area contributed by atoms with Crippen LogP contribution in [-0.4, -0.2) is 48.3 Å². The largest absolute Gasteiger partial charge is 0.388 e. The van der Waals surface area contributed by atoms with Crippen LogP contribution in [0.3, 0.4) is 0 Å². The molecule has 0 spiro atoms. The minimum Gasteiger partial charge on any atom is -0.388 e. The summed E-state index contributed by atoms with van der Waals surface area (Å²) in [5.74, 6) is -0.0585. The highest BCUT2D eigenvalue weighted by Crippen LogP contribution is 2.24. The first-order valence-corrected chi connectivity index (χ1v) is 7.47. The lowest BCUT2D eigenvalue weighted by molar-refractivity contribution is -0.0734. The van der Waals surface area contributed by atoms with Crippen LogP contribution < -0.4 is 0 Å². The number of likely N-dealkylation sites (N-methyl/N-ethyl adjacent to an activating group) is 1. The van der Waals surface area contributed by atoms with Gasteiger partial charge in [0.25, 0.3) is 5.91 Å². The molecular formula is C12H16BrNO3S. The maximum atomic E-state index is 12.1. The molecule has 1 aliphatic heterocycles. The summed E-state index contributed by atoms with van der Waals surface area (Å²) in [7, 11) is 1.72. The third-order valence-corrected chi connectivity index (χ3v) is 4.62. The van der Waals surface area contributed by atoms with Gasteiger partial charge in [0.2, 0.25) is 0 Å². The number of nitrogens with zero attached hydrogens (tertiary/aromatic N) is 1. The normalized spacial score (nSPS) is 18.6. The van der Waals surface area contributed by atoms with E-state index in [0.717, 1.165) is 3.79 Å². The first kappa shape index (κ1) is 14.0. The molecular weight excluding hydrogens is 318 g/mol. The van der Waals surface area contributed by atoms with E-state index in [2.05, 4.69) is 15.9 Å². The van der Waals surface area contributed by atoms with Crippen molar-refractivity contribution in [2.24, 2.45) is 0 Å². The number of ether oxygens (including phenoxy) is 1. The first-order chi connectivity index (χ1) is 8.50. The van der Waals surface area contributed by atoms with Gasteiger partial charge in [0.05, 0.1) is 15.0 Å². The summed E-state index contributed by atoms with van der Waals surface area (Å²) >= 11 is 4.82. The topological polar surface area (TPSA) is 49.8 Å². The van der Waals surface area contributed by atoms with E-state index < -0.39 is 5.60 Å². The van der Waals surface area contributed by atoms with E-state index in [-0.39, 0.29) is 5.91 Å². The molecule has 1 aromatic heterocycles. The molecule has 0 aliphatic carbocycles. The van der Waals surface area contributed by atoms with Crippen LogP contribution >= 0.6 is 27.3 Å². The van der Waals surface area contributed by atoms with Crippen LogP contribution in [0.5, 0.6) is 0 Å². The van der Waals surface area contributed by atoms with E-state index in [9.17, 15) is 9.90 Å². The Kier molecular flexibility index (Phi) is 4.42. The number of thiophene rings is 1. The van der Waals surface area contributed by atoms with Crippen LogP contribution in [-0.2, 0) is 4.74 Å². The van der Waals surface area contributed by atoms with Gasteiger partial charge in [-0.3, -0.25) is 4.79 Å². The molecule has 2 heterocycles. The fourth-order valence-corrected chi connectivity index (χ4v) is 3.20. The van der Waals surface area contributed by atoms with Crippen molar-refractivity contribution in [1.82, 2.24) is 4.90 Å². The molecule has 1 fully saturated rings. The number of carbonyl (C=O) groups excluding carboxylic acids is 1. The van der Waals surface area contributed by atoms with E-state index in [1.807, 2.05) is 5.38 Å². The Morgan fingerprint density at radius 3 is 2.83 bits per heavy atom. The number of amides is 1. The molecule has 1 aromatic rings. The zero-order valence-corrected chi connectivity index (χ0v) is 12.6. The average Bonchev–Trinajstić information content (AvgIpc) is 2.75. The number of rotatable bonds is 3. The molecule has 6 heteroatoms. The van der Waals surface area contributed by atoms with Crippen molar-refractivity contribution in [3.8, 4) is 0 Å². The molecule has 1 saturated heterocycles. The van der Waals surface area contributed by atoms with Crippen LogP contribution in [0.2, 0.25) is 0 Å². The Morgan fingerprint density at radius 2 is 2.28 bits per heavy atom. The first-order valence-electron chi connectivity index (χ1n) is 5.80. The predicted octanol–water partition coefficient (Wildman–Crippen LogP) is 2.12. The molecule has 0 bridgehead atoms. The number of aliphatic hydroxyl groups is 1. The van der Waals surface area contributed by atoms with Gasteiger partial charge in [-0.1, -0.05) is 0 Å². The second-order valence-corrected chi connectivity index (χ2v) is 6.93. The molecule has 0 unspecified atom stereocenters. The molecule has 2 rings (SSSR count). The molecule has 18 heavy (non-hydrogen) atoms. The highest BCUT2D eigenvalue weighted by atomic mass is 79.9. The van der Waals surface area contributed by atoms with Crippen molar-refractivity contribution < 1.29 is 14.6 Å². The van der Waals surface area contributed by atoms with Crippen LogP contribution in [0.15, 0.2) is 15.2 Å². The maximum absolute atomic E-state index is 12.1. The molecule has 1 amide bonds. The van der Waals surface area contributed by atoms with E-state index in [0.29, 0.717) is 38.2 Å². The minimum atomic E-state index is -0.810. The summed E-state index contributed by atoms with van der Waals surface area (Å²) < 4.78 is 6.16. The number of hydrogen-bond donors (Lipinski definition) is 1. The van der Waals surface area contributed by atoms with Crippen molar-refractivity contribution in [1.29, 1.82) is 0 Å². The zero-order valence-electron chi connectivity index (χ0n) is 10.2. The van der Waals surface area contributed by atoms with Gasteiger partial charge < -0.3 is 14.7 Å². The van der Waals surface area contributed by atoms with Gasteiger partial charge in [0.1, 0.15) is 0 Å². The molecule has 0 aromatic carbocycles. The van der Waals surface area contributed by atoms with Crippen molar-refractivity contribution in [2.45, 2.75) is 18.4 Å². The number of hydrogen-bond acceptors (Lipinski definition) is 4. The zero-order chi connectivity index (χ0) is 13.2. The SMILES string of the molecule is CN(CC1(O)CCOCC1)C(=O)c1csc(Br)c1. The van der Waals surface area contributed by atoms with E-state index in [1.54, 1.807) is 18.0 Å². The molecule has 1 N–H and O–H groups in total. The number of carbonyl (C=O) groups is 1. The summed E-state index contributed by atoms with van der Waals surface area (Å²) in [5, 5.41) is 12.2. The van der Waals surface area contributed by atoms with Crippen molar-refractivity contribution in [3.63, 3.8) is 0 Å². The van der Waals surface area contributed by atoms with E-state index >= 15 is 0 Å². The summed E-state index contributed by atoms with van der Waals surface area (Å²) in [5.41, 5.74) is -0.152. The van der Waals surface area contributed by atoms with Gasteiger partial charge in [-0.05, 0) is 22.0 Å². The van der Waals surface area contributed by atoms with Gasteiger partial charge in [-0.2, -0.15) is 0 Å². The number of halogens is 1. The van der Waals surface area contributed by atoms with E-state index in [4.69, 9.17) is 4.74 Å². The third kappa shape index (κ3) is 3.32. The maximum Gasteiger partial charge on any atom is 0.254 e. The predicted molar refractivity (Wildman–Crippen MR) is 74.0 cm³/mol. The monoisotopic (exact) mass is 333 g/mol. The van der Waals surface area contributed by atoms with Gasteiger partial charge in [-0.15, -0.1) is 11.3 Å². The van der Waals surface area contributed by atoms with Gasteiger partial charge >= 0.3 is 0 Å². The highest BCUT2D eigenvalue weighted by molar-refractivity contribution is 9.11. The molecule has 0 saturated carbocycles. The van der Waals surface area contributed by atoms with Crippen LogP contribution in [0.4, 0.5) is 0 Å². The Bertz CT molecular complexity index is 429. The van der Waals surface area contributed by atoms with Crippen molar-refractivity contribution in [3.05, 3.63) is 20.8 Å². The van der Waals surface area contributed by atoms with Gasteiger partial charge in [0.15, 0.2) is 0 Å². The summed E-state index contributed by atoms with van der Waals surface area (Å²) in [6.07, 6.45) is 1.16. The fourth-order valence-electron chi connectivity index (χ4n) is 2.07. The Labute approximate surface area is 119 Å². The molecule has 4 nitrogen and oxygen atoms in total. The van der Waals surface area contributed by atoms with Gasteiger partial charge in [0, 0.05) is 45.0 Å². The minimum absolute atomic E-state index is 0.0585. The second-order valence-electron chi connectivity index (χ2n) is 4.64. The van der Waals surface area contributed by atoms with Crippen molar-refractivity contribution >= 4 is 33.2 Å². The third-order valence-electron chi connectivity index (χ3n) is 3.12. The van der Waals surface area contributed by atoms with Crippen LogP contribution in [0.25, 0.3) is 0 Å². The highest BCUT2D eigenvalue weighted by Gasteiger charge is 2.32. The van der Waals surface area contributed by atoms with E-state index in [1.165, 1.54) is 11.3 Å². The Morgan fingerprint density at radius 1 is 1.61 bits per heavy atom. The molecule has 100 valence electrons. The van der Waals surface area contributed by atoms with Crippen molar-refractivity contribution in [2.75, 3.05) is 26.8 Å². The molecule has 1 aliphatic rings.